The molecular weight excluding hydrogens is 332 g/mol. The molecule has 4 rings (SSSR count). The van der Waals surface area contributed by atoms with Crippen molar-refractivity contribution < 1.29 is 4.74 Å². The van der Waals surface area contributed by atoms with Crippen LogP contribution in [0.15, 0.2) is 73.1 Å². The van der Waals surface area contributed by atoms with Crippen molar-refractivity contribution in [1.29, 1.82) is 0 Å². The maximum atomic E-state index is 6.47. The lowest BCUT2D eigenvalue weighted by atomic mass is 10.0. The average Bonchev–Trinajstić information content (AvgIpc) is 2.71. The molecule has 0 radical (unpaired) electrons. The third kappa shape index (κ3) is 4.55. The normalized spacial score (nSPS) is 15.6. The molecule has 0 N–H and O–H groups in total. The van der Waals surface area contributed by atoms with Crippen LogP contribution >= 0.6 is 0 Å². The van der Waals surface area contributed by atoms with E-state index in [9.17, 15) is 0 Å². The fourth-order valence-electron chi connectivity index (χ4n) is 3.70. The number of ether oxygens (including phenoxy) is 1. The molecule has 0 amide bonds. The van der Waals surface area contributed by atoms with Gasteiger partial charge in [-0.1, -0.05) is 42.5 Å². The quantitative estimate of drug-likeness (QED) is 0.634. The Morgan fingerprint density at radius 2 is 1.70 bits per heavy atom. The number of hydrogen-bond acceptors (Lipinski definition) is 3. The molecule has 0 unspecified atom stereocenters. The number of rotatable bonds is 5. The lowest BCUT2D eigenvalue weighted by Crippen LogP contribution is -2.37. The molecule has 1 fully saturated rings. The zero-order valence-electron chi connectivity index (χ0n) is 15.8. The second-order valence-corrected chi connectivity index (χ2v) is 7.31. The lowest BCUT2D eigenvalue weighted by Gasteiger charge is -2.32. The standard InChI is InChI=1S/C24H26N2O/c1-19-7-8-23(21-9-13-25-14-10-21)24(17-19)27-22-11-15-26(16-12-22)18-20-5-3-2-4-6-20/h2-10,13-14,17,22H,11-12,15-16,18H2,1H3. The first-order valence-electron chi connectivity index (χ1n) is 9.72. The molecule has 1 aliphatic heterocycles. The molecule has 1 saturated heterocycles. The first kappa shape index (κ1) is 17.7. The highest BCUT2D eigenvalue weighted by Gasteiger charge is 2.21. The molecule has 0 bridgehead atoms. The number of likely N-dealkylation sites (tertiary alicyclic amines) is 1. The number of piperidine rings is 1. The van der Waals surface area contributed by atoms with E-state index in [0.29, 0.717) is 0 Å². The molecule has 3 nitrogen and oxygen atoms in total. The number of nitrogens with zero attached hydrogens (tertiary/aromatic N) is 2. The van der Waals surface area contributed by atoms with Crippen molar-refractivity contribution in [2.45, 2.75) is 32.4 Å². The number of hydrogen-bond donors (Lipinski definition) is 0. The Kier molecular flexibility index (Phi) is 5.50. The SMILES string of the molecule is Cc1ccc(-c2ccncc2)c(OC2CCN(Cc3ccccc3)CC2)c1. The van der Waals surface area contributed by atoms with Crippen LogP contribution in [0.3, 0.4) is 0 Å². The summed E-state index contributed by atoms with van der Waals surface area (Å²) in [5.41, 5.74) is 4.91. The second kappa shape index (κ2) is 8.36. The molecule has 2 heterocycles. The Bertz CT molecular complexity index is 856. The Hall–Kier alpha value is -2.65. The van der Waals surface area contributed by atoms with Gasteiger partial charge in [0.25, 0.3) is 0 Å². The molecule has 3 aromatic rings. The van der Waals surface area contributed by atoms with Crippen LogP contribution in [0.1, 0.15) is 24.0 Å². The van der Waals surface area contributed by atoms with E-state index in [1.54, 1.807) is 0 Å². The van der Waals surface area contributed by atoms with Gasteiger partial charge in [-0.2, -0.15) is 0 Å². The first-order valence-corrected chi connectivity index (χ1v) is 9.72. The van der Waals surface area contributed by atoms with Crippen molar-refractivity contribution in [3.63, 3.8) is 0 Å². The van der Waals surface area contributed by atoms with Crippen LogP contribution in [0.4, 0.5) is 0 Å². The highest BCUT2D eigenvalue weighted by atomic mass is 16.5. The number of aromatic nitrogens is 1. The number of pyridine rings is 1. The minimum absolute atomic E-state index is 0.277. The van der Waals surface area contributed by atoms with E-state index >= 15 is 0 Å². The van der Waals surface area contributed by atoms with Gasteiger partial charge in [-0.25, -0.2) is 0 Å². The summed E-state index contributed by atoms with van der Waals surface area (Å²) in [7, 11) is 0. The van der Waals surface area contributed by atoms with Crippen LogP contribution < -0.4 is 4.74 Å². The summed E-state index contributed by atoms with van der Waals surface area (Å²) < 4.78 is 6.47. The van der Waals surface area contributed by atoms with Gasteiger partial charge in [-0.05, 0) is 54.7 Å². The summed E-state index contributed by atoms with van der Waals surface area (Å²) in [6, 6.07) is 21.3. The predicted molar refractivity (Wildman–Crippen MR) is 110 cm³/mol. The number of benzene rings is 2. The van der Waals surface area contributed by atoms with Crippen molar-refractivity contribution in [2.75, 3.05) is 13.1 Å². The average molecular weight is 358 g/mol. The Morgan fingerprint density at radius 3 is 2.44 bits per heavy atom. The van der Waals surface area contributed by atoms with Crippen LogP contribution in [0.5, 0.6) is 5.75 Å². The molecule has 3 heteroatoms. The molecule has 0 atom stereocenters. The van der Waals surface area contributed by atoms with E-state index in [1.165, 1.54) is 11.1 Å². The molecule has 1 aromatic heterocycles. The van der Waals surface area contributed by atoms with E-state index in [-0.39, 0.29) is 6.10 Å². The molecule has 138 valence electrons. The molecule has 2 aromatic carbocycles. The topological polar surface area (TPSA) is 25.4 Å². The van der Waals surface area contributed by atoms with E-state index < -0.39 is 0 Å². The van der Waals surface area contributed by atoms with Crippen LogP contribution in [0, 0.1) is 6.92 Å². The van der Waals surface area contributed by atoms with E-state index in [1.807, 2.05) is 24.5 Å². The molecule has 0 spiro atoms. The maximum absolute atomic E-state index is 6.47. The van der Waals surface area contributed by atoms with Gasteiger partial charge in [-0.3, -0.25) is 9.88 Å². The molecule has 27 heavy (non-hydrogen) atoms. The van der Waals surface area contributed by atoms with E-state index in [4.69, 9.17) is 4.74 Å². The monoisotopic (exact) mass is 358 g/mol. The van der Waals surface area contributed by atoms with Crippen LogP contribution in [-0.4, -0.2) is 29.1 Å². The van der Waals surface area contributed by atoms with Crippen molar-refractivity contribution >= 4 is 0 Å². The van der Waals surface area contributed by atoms with Gasteiger partial charge in [0.05, 0.1) is 0 Å². The first-order chi connectivity index (χ1) is 13.3. The maximum Gasteiger partial charge on any atom is 0.127 e. The summed E-state index contributed by atoms with van der Waals surface area (Å²) in [5, 5.41) is 0. The second-order valence-electron chi connectivity index (χ2n) is 7.31. The molecule has 0 aliphatic carbocycles. The third-order valence-corrected chi connectivity index (χ3v) is 5.21. The van der Waals surface area contributed by atoms with Crippen LogP contribution in [0.25, 0.3) is 11.1 Å². The van der Waals surface area contributed by atoms with Crippen LogP contribution in [0.2, 0.25) is 0 Å². The van der Waals surface area contributed by atoms with Gasteiger partial charge in [0.2, 0.25) is 0 Å². The Labute approximate surface area is 161 Å². The smallest absolute Gasteiger partial charge is 0.127 e. The predicted octanol–water partition coefficient (Wildman–Crippen LogP) is 5.10. The minimum atomic E-state index is 0.277. The van der Waals surface area contributed by atoms with E-state index in [0.717, 1.165) is 49.4 Å². The van der Waals surface area contributed by atoms with Crippen molar-refractivity contribution in [3.8, 4) is 16.9 Å². The fourth-order valence-corrected chi connectivity index (χ4v) is 3.70. The zero-order valence-corrected chi connectivity index (χ0v) is 15.8. The van der Waals surface area contributed by atoms with Gasteiger partial charge in [0.15, 0.2) is 0 Å². The van der Waals surface area contributed by atoms with Crippen molar-refractivity contribution in [2.24, 2.45) is 0 Å². The number of aryl methyl sites for hydroxylation is 1. The summed E-state index contributed by atoms with van der Waals surface area (Å²) in [4.78, 5) is 6.65. The van der Waals surface area contributed by atoms with Gasteiger partial charge < -0.3 is 4.74 Å². The molecular formula is C24H26N2O. The fraction of sp³-hybridized carbons (Fsp3) is 0.292. The molecule has 1 aliphatic rings. The van der Waals surface area contributed by atoms with Crippen LogP contribution in [-0.2, 0) is 6.54 Å². The highest BCUT2D eigenvalue weighted by Crippen LogP contribution is 2.32. The van der Waals surface area contributed by atoms with Crippen molar-refractivity contribution in [1.82, 2.24) is 9.88 Å². The largest absolute Gasteiger partial charge is 0.490 e. The van der Waals surface area contributed by atoms with Crippen molar-refractivity contribution in [3.05, 3.63) is 84.2 Å². The lowest BCUT2D eigenvalue weighted by molar-refractivity contribution is 0.0972. The zero-order chi connectivity index (χ0) is 18.5. The Morgan fingerprint density at radius 1 is 0.963 bits per heavy atom. The third-order valence-electron chi connectivity index (χ3n) is 5.21. The van der Waals surface area contributed by atoms with Gasteiger partial charge in [-0.15, -0.1) is 0 Å². The summed E-state index contributed by atoms with van der Waals surface area (Å²) in [6.07, 6.45) is 6.08. The highest BCUT2D eigenvalue weighted by molar-refractivity contribution is 5.70. The summed E-state index contributed by atoms with van der Waals surface area (Å²) in [5.74, 6) is 0.989. The van der Waals surface area contributed by atoms with E-state index in [2.05, 4.69) is 65.3 Å². The Balaban J connectivity index is 1.41. The van der Waals surface area contributed by atoms with Gasteiger partial charge >= 0.3 is 0 Å². The van der Waals surface area contributed by atoms with Gasteiger partial charge in [0.1, 0.15) is 11.9 Å². The summed E-state index contributed by atoms with van der Waals surface area (Å²) >= 11 is 0. The van der Waals surface area contributed by atoms with Gasteiger partial charge in [0, 0.05) is 37.6 Å². The molecule has 0 saturated carbocycles. The summed E-state index contributed by atoms with van der Waals surface area (Å²) in [6.45, 7) is 5.30. The minimum Gasteiger partial charge on any atom is -0.490 e.